The number of aromatic nitrogens is 1. The van der Waals surface area contributed by atoms with E-state index in [2.05, 4.69) is 0 Å². The van der Waals surface area contributed by atoms with Crippen LogP contribution in [0.15, 0.2) is 54.7 Å². The fourth-order valence-electron chi connectivity index (χ4n) is 3.54. The predicted molar refractivity (Wildman–Crippen MR) is 103 cm³/mol. The number of para-hydroxylation sites is 2. The molecule has 8 heteroatoms. The number of carbonyl (C=O) groups is 1. The lowest BCUT2D eigenvalue weighted by Crippen LogP contribution is -2.60. The van der Waals surface area contributed by atoms with E-state index in [0.29, 0.717) is 22.4 Å². The molecule has 0 spiro atoms. The minimum absolute atomic E-state index is 0.352. The Morgan fingerprint density at radius 2 is 1.72 bits per heavy atom. The van der Waals surface area contributed by atoms with Gasteiger partial charge in [0.1, 0.15) is 30.2 Å². The molecule has 0 bridgehead atoms. The summed E-state index contributed by atoms with van der Waals surface area (Å²) in [5.41, 5.74) is 1.91. The Morgan fingerprint density at radius 3 is 2.48 bits per heavy atom. The Kier molecular flexibility index (Phi) is 5.35. The highest BCUT2D eigenvalue weighted by Crippen LogP contribution is 2.34. The van der Waals surface area contributed by atoms with Crippen LogP contribution in [0.2, 0.25) is 0 Å². The number of hydrogen-bond acceptors (Lipinski definition) is 7. The summed E-state index contributed by atoms with van der Waals surface area (Å²) < 4.78 is 13.1. The van der Waals surface area contributed by atoms with Crippen LogP contribution < -0.4 is 4.74 Å². The Labute approximate surface area is 166 Å². The SMILES string of the molecule is O=Cc1ccccc1-n1cc(O[C@@H]2O[C@H](CO)[C@H](O)[C@H](O)[C@H]2O)c2ccccc21. The van der Waals surface area contributed by atoms with Gasteiger partial charge >= 0.3 is 0 Å². The lowest BCUT2D eigenvalue weighted by Gasteiger charge is -2.39. The van der Waals surface area contributed by atoms with Gasteiger partial charge in [0, 0.05) is 10.9 Å². The zero-order valence-electron chi connectivity index (χ0n) is 15.3. The second kappa shape index (κ2) is 7.94. The minimum Gasteiger partial charge on any atom is -0.460 e. The number of benzene rings is 2. The van der Waals surface area contributed by atoms with Gasteiger partial charge in [-0.15, -0.1) is 0 Å². The van der Waals surface area contributed by atoms with Gasteiger partial charge in [-0.2, -0.15) is 0 Å². The summed E-state index contributed by atoms with van der Waals surface area (Å²) in [7, 11) is 0. The Morgan fingerprint density at radius 1 is 1.00 bits per heavy atom. The maximum absolute atomic E-state index is 11.5. The van der Waals surface area contributed by atoms with Crippen molar-refractivity contribution in [3.05, 3.63) is 60.3 Å². The molecule has 0 radical (unpaired) electrons. The number of carbonyl (C=O) groups excluding carboxylic acids is 1. The zero-order chi connectivity index (χ0) is 20.5. The van der Waals surface area contributed by atoms with Crippen molar-refractivity contribution in [2.24, 2.45) is 0 Å². The van der Waals surface area contributed by atoms with Crippen LogP contribution in [0.3, 0.4) is 0 Å². The van der Waals surface area contributed by atoms with E-state index in [1.54, 1.807) is 29.0 Å². The first-order chi connectivity index (χ1) is 14.0. The molecule has 8 nitrogen and oxygen atoms in total. The van der Waals surface area contributed by atoms with Crippen LogP contribution in [0, 0.1) is 0 Å². The highest BCUT2D eigenvalue weighted by molar-refractivity contribution is 5.90. The second-order valence-corrected chi connectivity index (χ2v) is 6.87. The molecule has 3 aromatic rings. The Balaban J connectivity index is 1.75. The third-order valence-electron chi connectivity index (χ3n) is 5.09. The van der Waals surface area contributed by atoms with Gasteiger partial charge in [-0.1, -0.05) is 24.3 Å². The molecule has 0 aliphatic carbocycles. The van der Waals surface area contributed by atoms with Gasteiger partial charge in [-0.25, -0.2) is 0 Å². The van der Waals surface area contributed by atoms with Crippen molar-refractivity contribution >= 4 is 17.2 Å². The van der Waals surface area contributed by atoms with E-state index in [0.717, 1.165) is 11.8 Å². The standard InChI is InChI=1S/C21H21NO7/c23-10-12-5-1-3-7-14(12)22-9-16(13-6-2-4-8-15(13)22)28-21-20(27)19(26)18(25)17(11-24)29-21/h1-10,17-21,24-27H,11H2/t17-,18+,19+,20-,21-/m1/s1. The van der Waals surface area contributed by atoms with E-state index in [4.69, 9.17) is 9.47 Å². The van der Waals surface area contributed by atoms with Gasteiger partial charge in [0.25, 0.3) is 0 Å². The van der Waals surface area contributed by atoms with E-state index in [-0.39, 0.29) is 0 Å². The molecule has 2 aromatic carbocycles. The number of ether oxygens (including phenoxy) is 2. The molecule has 0 amide bonds. The molecular weight excluding hydrogens is 378 g/mol. The summed E-state index contributed by atoms with van der Waals surface area (Å²) in [6, 6.07) is 14.4. The second-order valence-electron chi connectivity index (χ2n) is 6.87. The van der Waals surface area contributed by atoms with Crippen LogP contribution in [0.1, 0.15) is 10.4 Å². The average Bonchev–Trinajstić information content (AvgIpc) is 3.12. The summed E-state index contributed by atoms with van der Waals surface area (Å²) >= 11 is 0. The zero-order valence-corrected chi connectivity index (χ0v) is 15.3. The van der Waals surface area contributed by atoms with Crippen LogP contribution in [0.4, 0.5) is 0 Å². The first kappa shape index (κ1) is 19.6. The van der Waals surface area contributed by atoms with E-state index in [1.807, 2.05) is 30.3 Å². The van der Waals surface area contributed by atoms with Gasteiger partial charge in [-0.3, -0.25) is 4.79 Å². The third kappa shape index (κ3) is 3.41. The monoisotopic (exact) mass is 399 g/mol. The smallest absolute Gasteiger partial charge is 0.229 e. The molecule has 1 aromatic heterocycles. The number of fused-ring (bicyclic) bond motifs is 1. The molecule has 152 valence electrons. The van der Waals surface area contributed by atoms with Crippen LogP contribution in [0.5, 0.6) is 5.75 Å². The van der Waals surface area contributed by atoms with Crippen molar-refractivity contribution in [1.29, 1.82) is 0 Å². The molecule has 4 rings (SSSR count). The van der Waals surface area contributed by atoms with Crippen molar-refractivity contribution in [1.82, 2.24) is 4.57 Å². The lowest BCUT2D eigenvalue weighted by atomic mass is 9.99. The van der Waals surface area contributed by atoms with E-state index >= 15 is 0 Å². The van der Waals surface area contributed by atoms with Gasteiger partial charge in [0.15, 0.2) is 6.29 Å². The Hall–Kier alpha value is -2.75. The fraction of sp³-hybridized carbons (Fsp3) is 0.286. The molecule has 29 heavy (non-hydrogen) atoms. The van der Waals surface area contributed by atoms with Crippen LogP contribution in [0.25, 0.3) is 16.6 Å². The summed E-state index contributed by atoms with van der Waals surface area (Å²) in [4.78, 5) is 11.5. The van der Waals surface area contributed by atoms with Gasteiger partial charge in [0.05, 0.1) is 24.0 Å². The van der Waals surface area contributed by atoms with Gasteiger partial charge in [0.2, 0.25) is 6.29 Å². The number of nitrogens with zero attached hydrogens (tertiary/aromatic N) is 1. The number of rotatable bonds is 5. The topological polar surface area (TPSA) is 121 Å². The average molecular weight is 399 g/mol. The molecule has 0 unspecified atom stereocenters. The number of aldehydes is 1. The fourth-order valence-corrected chi connectivity index (χ4v) is 3.54. The normalized spacial score (nSPS) is 27.1. The predicted octanol–water partition coefficient (Wildman–Crippen LogP) is 0.622. The molecule has 0 saturated carbocycles. The van der Waals surface area contributed by atoms with Crippen molar-refractivity contribution in [2.75, 3.05) is 6.61 Å². The molecule has 1 aliphatic rings. The number of aliphatic hydroxyl groups excluding tert-OH is 4. The number of aliphatic hydroxyl groups is 4. The quantitative estimate of drug-likeness (QED) is 0.464. The molecule has 1 saturated heterocycles. The van der Waals surface area contributed by atoms with Crippen molar-refractivity contribution in [3.8, 4) is 11.4 Å². The van der Waals surface area contributed by atoms with Crippen LogP contribution >= 0.6 is 0 Å². The van der Waals surface area contributed by atoms with E-state index in [9.17, 15) is 25.2 Å². The van der Waals surface area contributed by atoms with Crippen molar-refractivity contribution < 1.29 is 34.7 Å². The molecule has 2 heterocycles. The highest BCUT2D eigenvalue weighted by Gasteiger charge is 2.45. The van der Waals surface area contributed by atoms with Crippen LogP contribution in [-0.4, -0.2) is 68.6 Å². The maximum atomic E-state index is 11.5. The van der Waals surface area contributed by atoms with Crippen molar-refractivity contribution in [2.45, 2.75) is 30.7 Å². The molecule has 5 atom stereocenters. The lowest BCUT2D eigenvalue weighted by molar-refractivity contribution is -0.277. The summed E-state index contributed by atoms with van der Waals surface area (Å²) in [6.07, 6.45) is -4.45. The molecular formula is C21H21NO7. The molecule has 1 fully saturated rings. The van der Waals surface area contributed by atoms with E-state index < -0.39 is 37.3 Å². The molecule has 1 aliphatic heterocycles. The first-order valence-electron chi connectivity index (χ1n) is 9.17. The highest BCUT2D eigenvalue weighted by atomic mass is 16.7. The summed E-state index contributed by atoms with van der Waals surface area (Å²) in [5.74, 6) is 0.352. The maximum Gasteiger partial charge on any atom is 0.229 e. The Bertz CT molecular complexity index is 1020. The van der Waals surface area contributed by atoms with Crippen molar-refractivity contribution in [3.63, 3.8) is 0 Å². The largest absolute Gasteiger partial charge is 0.460 e. The summed E-state index contributed by atoms with van der Waals surface area (Å²) in [5, 5.41) is 40.3. The first-order valence-corrected chi connectivity index (χ1v) is 9.17. The third-order valence-corrected chi connectivity index (χ3v) is 5.09. The van der Waals surface area contributed by atoms with Gasteiger partial charge < -0.3 is 34.5 Å². The molecule has 4 N–H and O–H groups in total. The number of hydrogen-bond donors (Lipinski definition) is 4. The minimum atomic E-state index is -1.53. The van der Waals surface area contributed by atoms with Crippen LogP contribution in [-0.2, 0) is 4.74 Å². The van der Waals surface area contributed by atoms with E-state index in [1.165, 1.54) is 0 Å². The van der Waals surface area contributed by atoms with Gasteiger partial charge in [-0.05, 0) is 24.3 Å². The summed E-state index contributed by atoms with van der Waals surface area (Å²) in [6.45, 7) is -0.542.